The lowest BCUT2D eigenvalue weighted by Gasteiger charge is -2.10. The van der Waals surface area contributed by atoms with Crippen LogP contribution in [0.5, 0.6) is 0 Å². The Hall–Kier alpha value is -4.86. The molecule has 0 atom stereocenters. The SMILES string of the molecule is [C-]#[N+]c1ccccc1-c1nc(-c2ccccc2C#N)nc(-c2ccccc2C#N)n1. The van der Waals surface area contributed by atoms with Crippen molar-refractivity contribution < 1.29 is 0 Å². The van der Waals surface area contributed by atoms with Crippen LogP contribution in [-0.2, 0) is 0 Å². The number of aromatic nitrogens is 3. The number of para-hydroxylation sites is 1. The molecule has 0 aliphatic heterocycles. The summed E-state index contributed by atoms with van der Waals surface area (Å²) in [5, 5.41) is 19.0. The molecule has 6 nitrogen and oxygen atoms in total. The Bertz CT molecular complexity index is 1200. The fraction of sp³-hybridized carbons (Fsp3) is 0. The Kier molecular flexibility index (Phi) is 4.95. The molecule has 4 aromatic rings. The third-order valence-electron chi connectivity index (χ3n) is 4.48. The lowest BCUT2D eigenvalue weighted by molar-refractivity contribution is 1.07. The topological polar surface area (TPSA) is 90.6 Å². The van der Waals surface area contributed by atoms with Gasteiger partial charge in [-0.2, -0.15) is 10.5 Å². The Balaban J connectivity index is 2.04. The summed E-state index contributed by atoms with van der Waals surface area (Å²) in [7, 11) is 0. The van der Waals surface area contributed by atoms with E-state index in [1.807, 2.05) is 0 Å². The van der Waals surface area contributed by atoms with Gasteiger partial charge in [-0.15, -0.1) is 0 Å². The van der Waals surface area contributed by atoms with Gasteiger partial charge in [-0.25, -0.2) is 19.8 Å². The predicted molar refractivity (Wildman–Crippen MR) is 112 cm³/mol. The Morgan fingerprint density at radius 1 is 0.600 bits per heavy atom. The van der Waals surface area contributed by atoms with Crippen molar-refractivity contribution in [3.8, 4) is 46.3 Å². The van der Waals surface area contributed by atoms with Gasteiger partial charge >= 0.3 is 0 Å². The highest BCUT2D eigenvalue weighted by Crippen LogP contribution is 2.31. The van der Waals surface area contributed by atoms with E-state index < -0.39 is 0 Å². The van der Waals surface area contributed by atoms with Crippen LogP contribution in [0.1, 0.15) is 11.1 Å². The zero-order chi connectivity index (χ0) is 20.9. The molecule has 1 heterocycles. The second-order valence-corrected chi connectivity index (χ2v) is 6.25. The molecule has 0 spiro atoms. The van der Waals surface area contributed by atoms with Crippen LogP contribution in [0.3, 0.4) is 0 Å². The van der Waals surface area contributed by atoms with Crippen LogP contribution < -0.4 is 0 Å². The van der Waals surface area contributed by atoms with E-state index in [1.54, 1.807) is 72.8 Å². The molecule has 0 bridgehead atoms. The van der Waals surface area contributed by atoms with Gasteiger partial charge in [-0.05, 0) is 24.3 Å². The van der Waals surface area contributed by atoms with Gasteiger partial charge in [-0.3, -0.25) is 0 Å². The standard InChI is InChI=1S/C24H12N6/c1-27-21-13-7-6-12-20(21)24-29-22(18-10-4-2-8-16(18)14-25)28-23(30-24)19-11-5-3-9-17(19)15-26/h2-13H. The third kappa shape index (κ3) is 3.36. The number of nitrogens with zero attached hydrogens (tertiary/aromatic N) is 6. The molecule has 0 amide bonds. The van der Waals surface area contributed by atoms with Crippen molar-refractivity contribution in [3.63, 3.8) is 0 Å². The average molecular weight is 384 g/mol. The van der Waals surface area contributed by atoms with Crippen molar-refractivity contribution in [1.82, 2.24) is 15.0 Å². The number of hydrogen-bond donors (Lipinski definition) is 0. The lowest BCUT2D eigenvalue weighted by atomic mass is 10.1. The van der Waals surface area contributed by atoms with Crippen LogP contribution in [0.15, 0.2) is 72.8 Å². The molecule has 0 N–H and O–H groups in total. The normalized spacial score (nSPS) is 9.90. The number of hydrogen-bond acceptors (Lipinski definition) is 5. The van der Waals surface area contributed by atoms with Crippen LogP contribution in [0, 0.1) is 29.2 Å². The van der Waals surface area contributed by atoms with Crippen LogP contribution in [0.2, 0.25) is 0 Å². The molecule has 4 rings (SSSR count). The highest BCUT2D eigenvalue weighted by Gasteiger charge is 2.17. The van der Waals surface area contributed by atoms with Crippen LogP contribution in [-0.4, -0.2) is 15.0 Å². The lowest BCUT2D eigenvalue weighted by Crippen LogP contribution is -2.02. The summed E-state index contributed by atoms with van der Waals surface area (Å²) in [6.45, 7) is 7.46. The van der Waals surface area contributed by atoms with E-state index >= 15 is 0 Å². The first kappa shape index (κ1) is 18.5. The quantitative estimate of drug-likeness (QED) is 0.455. The first-order valence-electron chi connectivity index (χ1n) is 8.97. The summed E-state index contributed by atoms with van der Waals surface area (Å²) >= 11 is 0. The maximum atomic E-state index is 9.51. The van der Waals surface area contributed by atoms with Crippen molar-refractivity contribution in [3.05, 3.63) is 95.3 Å². The van der Waals surface area contributed by atoms with E-state index in [2.05, 4.69) is 31.9 Å². The molecule has 6 heteroatoms. The van der Waals surface area contributed by atoms with Crippen LogP contribution in [0.25, 0.3) is 39.0 Å². The molecule has 0 radical (unpaired) electrons. The third-order valence-corrected chi connectivity index (χ3v) is 4.48. The van der Waals surface area contributed by atoms with Gasteiger partial charge < -0.3 is 0 Å². The molecule has 30 heavy (non-hydrogen) atoms. The van der Waals surface area contributed by atoms with Crippen molar-refractivity contribution in [2.45, 2.75) is 0 Å². The highest BCUT2D eigenvalue weighted by atomic mass is 15.0. The molecule has 138 valence electrons. The molecular formula is C24H12N6. The van der Waals surface area contributed by atoms with Crippen molar-refractivity contribution in [1.29, 1.82) is 10.5 Å². The molecule has 3 aromatic carbocycles. The van der Waals surface area contributed by atoms with Gasteiger partial charge in [0, 0.05) is 16.7 Å². The molecule has 0 aliphatic carbocycles. The predicted octanol–water partition coefficient (Wildman–Crippen LogP) is 5.17. The molecular weight excluding hydrogens is 372 g/mol. The zero-order valence-electron chi connectivity index (χ0n) is 15.6. The minimum absolute atomic E-state index is 0.305. The van der Waals surface area contributed by atoms with E-state index in [0.29, 0.717) is 51.0 Å². The van der Waals surface area contributed by atoms with Crippen molar-refractivity contribution in [2.75, 3.05) is 0 Å². The number of nitriles is 2. The van der Waals surface area contributed by atoms with Crippen molar-refractivity contribution >= 4 is 5.69 Å². The smallest absolute Gasteiger partial charge is 0.198 e. The summed E-state index contributed by atoms with van der Waals surface area (Å²) in [5.41, 5.74) is 2.92. The summed E-state index contributed by atoms with van der Waals surface area (Å²) in [6, 6.07) is 25.4. The average Bonchev–Trinajstić information content (AvgIpc) is 2.83. The van der Waals surface area contributed by atoms with E-state index in [1.165, 1.54) is 0 Å². The molecule has 0 fully saturated rings. The summed E-state index contributed by atoms with van der Waals surface area (Å²) < 4.78 is 0. The second kappa shape index (κ2) is 8.02. The fourth-order valence-electron chi connectivity index (χ4n) is 3.05. The minimum atomic E-state index is 0.305. The molecule has 0 saturated heterocycles. The highest BCUT2D eigenvalue weighted by molar-refractivity contribution is 5.77. The summed E-state index contributed by atoms with van der Waals surface area (Å²) in [5.74, 6) is 0.918. The summed E-state index contributed by atoms with van der Waals surface area (Å²) in [6.07, 6.45) is 0. The van der Waals surface area contributed by atoms with Gasteiger partial charge in [0.1, 0.15) is 0 Å². The van der Waals surface area contributed by atoms with Gasteiger partial charge in [0.05, 0.1) is 29.8 Å². The van der Waals surface area contributed by atoms with E-state index in [-0.39, 0.29) is 0 Å². The maximum absolute atomic E-state index is 9.51. The molecule has 1 aromatic heterocycles. The van der Waals surface area contributed by atoms with Crippen LogP contribution in [0.4, 0.5) is 5.69 Å². The molecule has 0 aliphatic rings. The van der Waals surface area contributed by atoms with Gasteiger partial charge in [0.25, 0.3) is 0 Å². The fourth-order valence-corrected chi connectivity index (χ4v) is 3.05. The Morgan fingerprint density at radius 3 is 1.47 bits per heavy atom. The first-order valence-corrected chi connectivity index (χ1v) is 8.97. The van der Waals surface area contributed by atoms with Gasteiger partial charge in [0.2, 0.25) is 0 Å². The Morgan fingerprint density at radius 2 is 1.00 bits per heavy atom. The second-order valence-electron chi connectivity index (χ2n) is 6.25. The van der Waals surface area contributed by atoms with E-state index in [0.717, 1.165) is 0 Å². The maximum Gasteiger partial charge on any atom is 0.198 e. The van der Waals surface area contributed by atoms with E-state index in [4.69, 9.17) is 6.57 Å². The molecule has 0 unspecified atom stereocenters. The minimum Gasteiger partial charge on any atom is -0.237 e. The van der Waals surface area contributed by atoms with E-state index in [9.17, 15) is 10.5 Å². The van der Waals surface area contributed by atoms with Crippen LogP contribution >= 0.6 is 0 Å². The number of rotatable bonds is 3. The largest absolute Gasteiger partial charge is 0.237 e. The monoisotopic (exact) mass is 384 g/mol. The Labute approximate surface area is 173 Å². The summed E-state index contributed by atoms with van der Waals surface area (Å²) in [4.78, 5) is 17.3. The number of benzene rings is 3. The van der Waals surface area contributed by atoms with Crippen molar-refractivity contribution in [2.24, 2.45) is 0 Å². The van der Waals surface area contributed by atoms with Gasteiger partial charge in [0.15, 0.2) is 23.2 Å². The zero-order valence-corrected chi connectivity index (χ0v) is 15.6. The first-order chi connectivity index (χ1) is 14.7. The van der Waals surface area contributed by atoms with Gasteiger partial charge in [-0.1, -0.05) is 48.5 Å². The molecule has 0 saturated carbocycles.